The molecule has 0 radical (unpaired) electrons. The van der Waals surface area contributed by atoms with E-state index in [0.717, 1.165) is 31.3 Å². The van der Waals surface area contributed by atoms with Crippen LogP contribution in [0.4, 0.5) is 0 Å². The summed E-state index contributed by atoms with van der Waals surface area (Å²) >= 11 is 1.67. The van der Waals surface area contributed by atoms with Gasteiger partial charge in [0.25, 0.3) is 0 Å². The fourth-order valence-electron chi connectivity index (χ4n) is 2.85. The van der Waals surface area contributed by atoms with Gasteiger partial charge in [-0.15, -0.1) is 21.5 Å². The molecule has 0 saturated heterocycles. The van der Waals surface area contributed by atoms with Crippen molar-refractivity contribution in [3.63, 3.8) is 0 Å². The normalized spacial score (nSPS) is 16.7. The monoisotopic (exact) mass is 336 g/mol. The quantitative estimate of drug-likeness (QED) is 0.836. The summed E-state index contributed by atoms with van der Waals surface area (Å²) in [6, 6.07) is 4.05. The van der Waals surface area contributed by atoms with E-state index < -0.39 is 6.10 Å². The van der Waals surface area contributed by atoms with Crippen LogP contribution in [0.3, 0.4) is 0 Å². The third-order valence-corrected chi connectivity index (χ3v) is 4.83. The Balaban J connectivity index is 1.45. The zero-order valence-corrected chi connectivity index (χ0v) is 14.5. The van der Waals surface area contributed by atoms with Gasteiger partial charge in [-0.25, -0.2) is 0 Å². The molecule has 2 aromatic heterocycles. The third-order valence-electron chi connectivity index (χ3n) is 3.98. The minimum Gasteiger partial charge on any atom is -0.389 e. The Labute approximate surface area is 140 Å². The molecular formula is C16H24N4O2S. The number of hydrogen-bond donors (Lipinski definition) is 1. The van der Waals surface area contributed by atoms with Crippen molar-refractivity contribution in [1.82, 2.24) is 19.7 Å². The van der Waals surface area contributed by atoms with Gasteiger partial charge in [-0.3, -0.25) is 4.90 Å². The van der Waals surface area contributed by atoms with Crippen molar-refractivity contribution >= 4 is 11.3 Å². The van der Waals surface area contributed by atoms with Gasteiger partial charge in [0.15, 0.2) is 0 Å². The number of fused-ring (bicyclic) bond motifs is 1. The van der Waals surface area contributed by atoms with E-state index in [1.807, 2.05) is 17.5 Å². The largest absolute Gasteiger partial charge is 0.389 e. The number of ether oxygens (including phenoxy) is 1. The Bertz CT molecular complexity index is 612. The smallest absolute Gasteiger partial charge is 0.147 e. The first-order valence-electron chi connectivity index (χ1n) is 8.06. The molecule has 3 rings (SSSR count). The highest BCUT2D eigenvalue weighted by molar-refractivity contribution is 7.09. The van der Waals surface area contributed by atoms with Gasteiger partial charge in [-0.05, 0) is 11.4 Å². The average molecular weight is 336 g/mol. The number of aliphatic hydroxyl groups is 1. The Morgan fingerprint density at radius 3 is 2.96 bits per heavy atom. The second-order valence-corrected chi connectivity index (χ2v) is 7.30. The van der Waals surface area contributed by atoms with Crippen molar-refractivity contribution in [1.29, 1.82) is 0 Å². The molecule has 0 saturated carbocycles. The molecule has 126 valence electrons. The van der Waals surface area contributed by atoms with E-state index in [-0.39, 0.29) is 0 Å². The standard InChI is InChI=1S/C16H24N4O2S/c1-12(2)16-18-17-15-9-19(5-6-20(15)16)8-13(21)10-22-11-14-4-3-7-23-14/h3-4,7,12-13,21H,5-6,8-11H2,1-2H3/t13-/m0/s1. The molecule has 23 heavy (non-hydrogen) atoms. The van der Waals surface area contributed by atoms with Crippen LogP contribution < -0.4 is 0 Å². The second-order valence-electron chi connectivity index (χ2n) is 6.26. The molecule has 3 heterocycles. The number of rotatable bonds is 7. The van der Waals surface area contributed by atoms with Crippen LogP contribution >= 0.6 is 11.3 Å². The lowest BCUT2D eigenvalue weighted by Crippen LogP contribution is -2.40. The highest BCUT2D eigenvalue weighted by atomic mass is 32.1. The topological polar surface area (TPSA) is 63.4 Å². The van der Waals surface area contributed by atoms with Crippen molar-refractivity contribution in [2.24, 2.45) is 0 Å². The molecule has 1 aliphatic heterocycles. The lowest BCUT2D eigenvalue weighted by Gasteiger charge is -2.29. The number of aromatic nitrogens is 3. The number of nitrogens with zero attached hydrogens (tertiary/aromatic N) is 4. The summed E-state index contributed by atoms with van der Waals surface area (Å²) in [4.78, 5) is 3.40. The van der Waals surface area contributed by atoms with Gasteiger partial charge >= 0.3 is 0 Å². The van der Waals surface area contributed by atoms with Gasteiger partial charge in [0.1, 0.15) is 11.6 Å². The maximum Gasteiger partial charge on any atom is 0.147 e. The van der Waals surface area contributed by atoms with Crippen LogP contribution in [0.15, 0.2) is 17.5 Å². The van der Waals surface area contributed by atoms with Gasteiger partial charge in [-0.2, -0.15) is 0 Å². The number of β-amino-alcohol motifs (C(OH)–C–C–N with tert-alkyl or cyclic N) is 1. The van der Waals surface area contributed by atoms with E-state index in [2.05, 4.69) is 33.5 Å². The Hall–Kier alpha value is -1.28. The van der Waals surface area contributed by atoms with Crippen molar-refractivity contribution in [2.75, 3.05) is 19.7 Å². The molecule has 0 aromatic carbocycles. The zero-order chi connectivity index (χ0) is 16.2. The first kappa shape index (κ1) is 16.6. The van der Waals surface area contributed by atoms with Crippen molar-refractivity contribution in [2.45, 2.75) is 45.6 Å². The maximum absolute atomic E-state index is 10.2. The van der Waals surface area contributed by atoms with Crippen molar-refractivity contribution in [3.05, 3.63) is 34.0 Å². The van der Waals surface area contributed by atoms with Gasteiger partial charge in [-0.1, -0.05) is 19.9 Å². The van der Waals surface area contributed by atoms with Crippen LogP contribution in [0.5, 0.6) is 0 Å². The highest BCUT2D eigenvalue weighted by Gasteiger charge is 2.23. The van der Waals surface area contributed by atoms with Crippen LogP contribution in [-0.4, -0.2) is 50.6 Å². The summed E-state index contributed by atoms with van der Waals surface area (Å²) in [5.74, 6) is 2.44. The molecule has 6 nitrogen and oxygen atoms in total. The third kappa shape index (κ3) is 4.17. The minimum atomic E-state index is -0.478. The molecule has 0 aliphatic carbocycles. The van der Waals surface area contributed by atoms with E-state index in [1.54, 1.807) is 11.3 Å². The lowest BCUT2D eigenvalue weighted by molar-refractivity contribution is 0.00605. The zero-order valence-electron chi connectivity index (χ0n) is 13.7. The summed E-state index contributed by atoms with van der Waals surface area (Å²) < 4.78 is 7.80. The van der Waals surface area contributed by atoms with Crippen molar-refractivity contribution < 1.29 is 9.84 Å². The molecule has 1 atom stereocenters. The predicted molar refractivity (Wildman–Crippen MR) is 89.4 cm³/mol. The van der Waals surface area contributed by atoms with E-state index in [0.29, 0.717) is 25.7 Å². The van der Waals surface area contributed by atoms with E-state index >= 15 is 0 Å². The summed E-state index contributed by atoms with van der Waals surface area (Å²) in [5.41, 5.74) is 0. The fourth-order valence-corrected chi connectivity index (χ4v) is 3.49. The number of aliphatic hydroxyl groups excluding tert-OH is 1. The van der Waals surface area contributed by atoms with E-state index in [1.165, 1.54) is 4.88 Å². The average Bonchev–Trinajstić information content (AvgIpc) is 3.15. The summed E-state index contributed by atoms with van der Waals surface area (Å²) in [7, 11) is 0. The predicted octanol–water partition coefficient (Wildman–Crippen LogP) is 1.86. The molecule has 0 amide bonds. The maximum atomic E-state index is 10.2. The van der Waals surface area contributed by atoms with Crippen LogP contribution in [0, 0.1) is 0 Å². The van der Waals surface area contributed by atoms with Gasteiger partial charge in [0, 0.05) is 30.4 Å². The Kier molecular flexibility index (Phi) is 5.42. The summed E-state index contributed by atoms with van der Waals surface area (Å²) in [5, 5.41) is 20.8. The van der Waals surface area contributed by atoms with Crippen LogP contribution in [-0.2, 0) is 24.4 Å². The Morgan fingerprint density at radius 1 is 1.35 bits per heavy atom. The molecule has 0 fully saturated rings. The summed E-state index contributed by atoms with van der Waals surface area (Å²) in [6.07, 6.45) is -0.478. The SMILES string of the molecule is CC(C)c1nnc2n1CCN(C[C@H](O)COCc1cccs1)C2. The Morgan fingerprint density at radius 2 is 2.22 bits per heavy atom. The van der Waals surface area contributed by atoms with Crippen LogP contribution in [0.25, 0.3) is 0 Å². The molecule has 1 aliphatic rings. The number of hydrogen-bond acceptors (Lipinski definition) is 6. The molecular weight excluding hydrogens is 312 g/mol. The highest BCUT2D eigenvalue weighted by Crippen LogP contribution is 2.18. The van der Waals surface area contributed by atoms with Gasteiger partial charge in [0.05, 0.1) is 25.9 Å². The first-order chi connectivity index (χ1) is 11.1. The van der Waals surface area contributed by atoms with Crippen LogP contribution in [0.2, 0.25) is 0 Å². The van der Waals surface area contributed by atoms with Gasteiger partial charge < -0.3 is 14.4 Å². The lowest BCUT2D eigenvalue weighted by atomic mass is 10.2. The second kappa shape index (κ2) is 7.53. The van der Waals surface area contributed by atoms with E-state index in [9.17, 15) is 5.11 Å². The molecule has 0 bridgehead atoms. The molecule has 0 unspecified atom stereocenters. The first-order valence-corrected chi connectivity index (χ1v) is 8.94. The summed E-state index contributed by atoms with van der Waals surface area (Å²) in [6.45, 7) is 8.34. The minimum absolute atomic E-state index is 0.359. The van der Waals surface area contributed by atoms with Crippen molar-refractivity contribution in [3.8, 4) is 0 Å². The molecule has 7 heteroatoms. The fraction of sp³-hybridized carbons (Fsp3) is 0.625. The van der Waals surface area contributed by atoms with E-state index in [4.69, 9.17) is 4.74 Å². The molecule has 2 aromatic rings. The number of thiophene rings is 1. The van der Waals surface area contributed by atoms with Crippen LogP contribution in [0.1, 0.15) is 36.3 Å². The van der Waals surface area contributed by atoms with Gasteiger partial charge in [0.2, 0.25) is 0 Å². The molecule has 1 N–H and O–H groups in total. The molecule has 0 spiro atoms.